The maximum absolute atomic E-state index is 12.1. The average molecular weight is 276 g/mol. The molecule has 0 aliphatic carbocycles. The van der Waals surface area contributed by atoms with Gasteiger partial charge in [-0.15, -0.1) is 0 Å². The van der Waals surface area contributed by atoms with E-state index in [2.05, 4.69) is 5.32 Å². The molecular weight excluding hydrogens is 260 g/mol. The van der Waals surface area contributed by atoms with Crippen LogP contribution in [-0.4, -0.2) is 40.4 Å². The Morgan fingerprint density at radius 3 is 2.45 bits per heavy atom. The van der Waals surface area contributed by atoms with Crippen LogP contribution in [0.1, 0.15) is 30.1 Å². The van der Waals surface area contributed by atoms with Crippen molar-refractivity contribution >= 4 is 23.5 Å². The number of nitrogens with zero attached hydrogens (tertiary/aromatic N) is 1. The molecule has 2 rings (SSSR count). The fraction of sp³-hybridized carbons (Fsp3) is 0.357. The summed E-state index contributed by atoms with van der Waals surface area (Å²) in [5.41, 5.74) is 0.685. The number of rotatable bonds is 3. The Morgan fingerprint density at radius 2 is 1.90 bits per heavy atom. The number of amides is 2. The average Bonchev–Trinajstić information content (AvgIpc) is 2.88. The molecule has 106 valence electrons. The number of carbonyl (C=O) groups excluding carboxylic acids is 2. The predicted octanol–water partition coefficient (Wildman–Crippen LogP) is 1.33. The van der Waals surface area contributed by atoms with Gasteiger partial charge in [-0.1, -0.05) is 0 Å². The van der Waals surface area contributed by atoms with Gasteiger partial charge in [-0.3, -0.25) is 9.59 Å². The molecule has 0 aromatic heterocycles. The van der Waals surface area contributed by atoms with E-state index in [9.17, 15) is 14.4 Å². The second-order valence-corrected chi connectivity index (χ2v) is 4.74. The molecule has 1 aliphatic rings. The van der Waals surface area contributed by atoms with Crippen LogP contribution in [0.25, 0.3) is 0 Å². The molecule has 1 atom stereocenters. The molecule has 6 heteroatoms. The van der Waals surface area contributed by atoms with E-state index < -0.39 is 12.0 Å². The minimum absolute atomic E-state index is 0.108. The maximum atomic E-state index is 12.1. The first-order chi connectivity index (χ1) is 9.49. The number of hydrogen-bond donors (Lipinski definition) is 2. The molecule has 1 fully saturated rings. The third-order valence-corrected chi connectivity index (χ3v) is 3.36. The van der Waals surface area contributed by atoms with Gasteiger partial charge >= 0.3 is 5.97 Å². The number of hydrogen-bond acceptors (Lipinski definition) is 3. The SMILES string of the molecule is CC(=O)N1CCC[C@H]1C(=O)Nc1ccc(C(=O)O)cc1. The van der Waals surface area contributed by atoms with Gasteiger partial charge in [-0.05, 0) is 37.1 Å². The van der Waals surface area contributed by atoms with Crippen LogP contribution in [-0.2, 0) is 9.59 Å². The van der Waals surface area contributed by atoms with Gasteiger partial charge in [0.2, 0.25) is 11.8 Å². The number of aromatic carboxylic acids is 1. The number of benzene rings is 1. The summed E-state index contributed by atoms with van der Waals surface area (Å²) in [6.07, 6.45) is 1.47. The van der Waals surface area contributed by atoms with E-state index in [1.165, 1.54) is 31.2 Å². The zero-order chi connectivity index (χ0) is 14.7. The molecule has 1 aromatic carbocycles. The first-order valence-electron chi connectivity index (χ1n) is 6.40. The number of carboxylic acids is 1. The van der Waals surface area contributed by atoms with Gasteiger partial charge in [0.25, 0.3) is 0 Å². The summed E-state index contributed by atoms with van der Waals surface area (Å²) in [7, 11) is 0. The van der Waals surface area contributed by atoms with Gasteiger partial charge < -0.3 is 15.3 Å². The van der Waals surface area contributed by atoms with E-state index in [4.69, 9.17) is 5.11 Å². The lowest BCUT2D eigenvalue weighted by atomic mass is 10.1. The van der Waals surface area contributed by atoms with Crippen molar-refractivity contribution in [1.82, 2.24) is 4.90 Å². The maximum Gasteiger partial charge on any atom is 0.335 e. The summed E-state index contributed by atoms with van der Waals surface area (Å²) >= 11 is 0. The fourth-order valence-electron chi connectivity index (χ4n) is 2.34. The van der Waals surface area contributed by atoms with Crippen LogP contribution in [0.2, 0.25) is 0 Å². The highest BCUT2D eigenvalue weighted by molar-refractivity contribution is 5.97. The number of likely N-dealkylation sites (tertiary alicyclic amines) is 1. The quantitative estimate of drug-likeness (QED) is 0.872. The first kappa shape index (κ1) is 14.0. The van der Waals surface area contributed by atoms with Gasteiger partial charge in [0, 0.05) is 19.2 Å². The van der Waals surface area contributed by atoms with Crippen LogP contribution in [0, 0.1) is 0 Å². The molecule has 1 heterocycles. The first-order valence-corrected chi connectivity index (χ1v) is 6.40. The second-order valence-electron chi connectivity index (χ2n) is 4.74. The van der Waals surface area contributed by atoms with Gasteiger partial charge in [-0.2, -0.15) is 0 Å². The number of nitrogens with one attached hydrogen (secondary N) is 1. The zero-order valence-electron chi connectivity index (χ0n) is 11.1. The lowest BCUT2D eigenvalue weighted by molar-refractivity contribution is -0.134. The monoisotopic (exact) mass is 276 g/mol. The number of carbonyl (C=O) groups is 3. The smallest absolute Gasteiger partial charge is 0.335 e. The normalized spacial score (nSPS) is 17.9. The van der Waals surface area contributed by atoms with E-state index in [1.807, 2.05) is 0 Å². The minimum Gasteiger partial charge on any atom is -0.478 e. The zero-order valence-corrected chi connectivity index (χ0v) is 11.1. The molecule has 1 aliphatic heterocycles. The molecule has 0 bridgehead atoms. The lowest BCUT2D eigenvalue weighted by Crippen LogP contribution is -2.42. The van der Waals surface area contributed by atoms with Gasteiger partial charge in [-0.25, -0.2) is 4.79 Å². The van der Waals surface area contributed by atoms with Gasteiger partial charge in [0.1, 0.15) is 6.04 Å². The highest BCUT2D eigenvalue weighted by Crippen LogP contribution is 2.19. The highest BCUT2D eigenvalue weighted by Gasteiger charge is 2.32. The predicted molar refractivity (Wildman–Crippen MR) is 72.4 cm³/mol. The van der Waals surface area contributed by atoms with Crippen LogP contribution in [0.3, 0.4) is 0 Å². The lowest BCUT2D eigenvalue weighted by Gasteiger charge is -2.22. The van der Waals surface area contributed by atoms with Crippen molar-refractivity contribution in [3.05, 3.63) is 29.8 Å². The van der Waals surface area contributed by atoms with Crippen molar-refractivity contribution in [3.8, 4) is 0 Å². The van der Waals surface area contributed by atoms with Gasteiger partial charge in [0.05, 0.1) is 5.56 Å². The van der Waals surface area contributed by atoms with Crippen LogP contribution >= 0.6 is 0 Å². The van der Waals surface area contributed by atoms with Crippen LogP contribution in [0.4, 0.5) is 5.69 Å². The third kappa shape index (κ3) is 2.96. The van der Waals surface area contributed by atoms with E-state index in [0.29, 0.717) is 18.7 Å². The Kier molecular flexibility index (Phi) is 4.02. The van der Waals surface area contributed by atoms with Crippen molar-refractivity contribution in [2.45, 2.75) is 25.8 Å². The van der Waals surface area contributed by atoms with E-state index >= 15 is 0 Å². The Hall–Kier alpha value is -2.37. The summed E-state index contributed by atoms with van der Waals surface area (Å²) < 4.78 is 0. The Labute approximate surface area is 116 Å². The van der Waals surface area contributed by atoms with E-state index in [-0.39, 0.29) is 17.4 Å². The molecule has 0 spiro atoms. The highest BCUT2D eigenvalue weighted by atomic mass is 16.4. The molecule has 0 unspecified atom stereocenters. The molecule has 20 heavy (non-hydrogen) atoms. The van der Waals surface area contributed by atoms with Crippen molar-refractivity contribution in [1.29, 1.82) is 0 Å². The molecule has 6 nitrogen and oxygen atoms in total. The number of carboxylic acid groups (broad SMARTS) is 1. The van der Waals surface area contributed by atoms with Crippen molar-refractivity contribution in [2.75, 3.05) is 11.9 Å². The molecule has 1 saturated heterocycles. The summed E-state index contributed by atoms with van der Waals surface area (Å²) in [6, 6.07) is 5.49. The van der Waals surface area contributed by atoms with Gasteiger partial charge in [0.15, 0.2) is 0 Å². The molecular formula is C14H16N2O4. The van der Waals surface area contributed by atoms with E-state index in [1.54, 1.807) is 4.90 Å². The summed E-state index contributed by atoms with van der Waals surface area (Å²) in [6.45, 7) is 2.05. The van der Waals surface area contributed by atoms with Crippen LogP contribution < -0.4 is 5.32 Å². The molecule has 2 amide bonds. The summed E-state index contributed by atoms with van der Waals surface area (Å²) in [5.74, 6) is -1.36. The molecule has 2 N–H and O–H groups in total. The largest absolute Gasteiger partial charge is 0.478 e. The molecule has 0 radical (unpaired) electrons. The van der Waals surface area contributed by atoms with Crippen molar-refractivity contribution in [3.63, 3.8) is 0 Å². The summed E-state index contributed by atoms with van der Waals surface area (Å²) in [5, 5.41) is 11.5. The van der Waals surface area contributed by atoms with Crippen LogP contribution in [0.5, 0.6) is 0 Å². The van der Waals surface area contributed by atoms with Crippen molar-refractivity contribution < 1.29 is 19.5 Å². The Morgan fingerprint density at radius 1 is 1.25 bits per heavy atom. The van der Waals surface area contributed by atoms with E-state index in [0.717, 1.165) is 6.42 Å². The number of anilines is 1. The fourth-order valence-corrected chi connectivity index (χ4v) is 2.34. The van der Waals surface area contributed by atoms with Crippen LogP contribution in [0.15, 0.2) is 24.3 Å². The minimum atomic E-state index is -1.01. The molecule has 1 aromatic rings. The summed E-state index contributed by atoms with van der Waals surface area (Å²) in [4.78, 5) is 35.8. The Bertz CT molecular complexity index is 539. The van der Waals surface area contributed by atoms with Crippen molar-refractivity contribution in [2.24, 2.45) is 0 Å². The Balaban J connectivity index is 2.04. The standard InChI is InChI=1S/C14H16N2O4/c1-9(17)16-8-2-3-12(16)13(18)15-11-6-4-10(5-7-11)14(19)20/h4-7,12H,2-3,8H2,1H3,(H,15,18)(H,19,20)/t12-/m0/s1. The molecule has 0 saturated carbocycles. The second kappa shape index (κ2) is 5.73. The topological polar surface area (TPSA) is 86.7 Å². The third-order valence-electron chi connectivity index (χ3n) is 3.36.